The molecule has 4 heteroatoms. The maximum Gasteiger partial charge on any atom is 0.120 e. The van der Waals surface area contributed by atoms with Crippen molar-refractivity contribution in [1.82, 2.24) is 0 Å². The van der Waals surface area contributed by atoms with Crippen LogP contribution in [0.15, 0.2) is 42.5 Å². The molecule has 0 saturated carbocycles. The van der Waals surface area contributed by atoms with Crippen LogP contribution in [-0.4, -0.2) is 11.2 Å². The molecule has 112 valence electrons. The van der Waals surface area contributed by atoms with Crippen molar-refractivity contribution >= 4 is 23.2 Å². The SMILES string of the molecule is CC(C)Oc1cccc(C(O)Cc2ccc(Cl)cc2Cl)c1. The van der Waals surface area contributed by atoms with Gasteiger partial charge in [0.05, 0.1) is 12.2 Å². The average Bonchev–Trinajstić information content (AvgIpc) is 2.41. The number of halogens is 2. The van der Waals surface area contributed by atoms with Crippen molar-refractivity contribution in [2.45, 2.75) is 32.5 Å². The average molecular weight is 325 g/mol. The zero-order valence-corrected chi connectivity index (χ0v) is 13.5. The molecule has 0 amide bonds. The minimum Gasteiger partial charge on any atom is -0.491 e. The van der Waals surface area contributed by atoms with Crippen LogP contribution >= 0.6 is 23.2 Å². The van der Waals surface area contributed by atoms with Crippen LogP contribution < -0.4 is 4.74 Å². The molecule has 0 fully saturated rings. The van der Waals surface area contributed by atoms with Crippen molar-refractivity contribution in [2.24, 2.45) is 0 Å². The number of hydrogen-bond donors (Lipinski definition) is 1. The van der Waals surface area contributed by atoms with Gasteiger partial charge in [-0.2, -0.15) is 0 Å². The van der Waals surface area contributed by atoms with Gasteiger partial charge in [-0.1, -0.05) is 41.4 Å². The Morgan fingerprint density at radius 1 is 1.10 bits per heavy atom. The number of aliphatic hydroxyl groups is 1. The van der Waals surface area contributed by atoms with Gasteiger partial charge in [0.2, 0.25) is 0 Å². The third-order valence-electron chi connectivity index (χ3n) is 3.04. The van der Waals surface area contributed by atoms with Gasteiger partial charge in [-0.05, 0) is 49.2 Å². The second-order valence-corrected chi connectivity index (χ2v) is 6.04. The van der Waals surface area contributed by atoms with Crippen molar-refractivity contribution < 1.29 is 9.84 Å². The maximum absolute atomic E-state index is 10.4. The van der Waals surface area contributed by atoms with E-state index in [-0.39, 0.29) is 6.10 Å². The fourth-order valence-electron chi connectivity index (χ4n) is 2.08. The molecule has 2 aromatic rings. The van der Waals surface area contributed by atoms with Gasteiger partial charge in [-0.15, -0.1) is 0 Å². The molecule has 0 aromatic heterocycles. The summed E-state index contributed by atoms with van der Waals surface area (Å²) in [5.74, 6) is 0.753. The van der Waals surface area contributed by atoms with Crippen molar-refractivity contribution in [3.05, 3.63) is 63.6 Å². The molecule has 0 saturated heterocycles. The Bertz CT molecular complexity index is 611. The minimum atomic E-state index is -0.639. The van der Waals surface area contributed by atoms with Crippen LogP contribution in [0.5, 0.6) is 5.75 Å². The van der Waals surface area contributed by atoms with Gasteiger partial charge in [-0.25, -0.2) is 0 Å². The summed E-state index contributed by atoms with van der Waals surface area (Å²) in [5, 5.41) is 11.5. The van der Waals surface area contributed by atoms with Crippen LogP contribution in [0.25, 0.3) is 0 Å². The summed E-state index contributed by atoms with van der Waals surface area (Å²) in [4.78, 5) is 0. The molecule has 0 aliphatic heterocycles. The lowest BCUT2D eigenvalue weighted by Gasteiger charge is -2.15. The Morgan fingerprint density at radius 3 is 2.52 bits per heavy atom. The highest BCUT2D eigenvalue weighted by atomic mass is 35.5. The van der Waals surface area contributed by atoms with Gasteiger partial charge in [0.25, 0.3) is 0 Å². The van der Waals surface area contributed by atoms with E-state index in [0.717, 1.165) is 16.9 Å². The fourth-order valence-corrected chi connectivity index (χ4v) is 2.57. The van der Waals surface area contributed by atoms with Gasteiger partial charge in [0, 0.05) is 16.5 Å². The molecule has 0 heterocycles. The molecular weight excluding hydrogens is 307 g/mol. The first-order chi connectivity index (χ1) is 9.95. The fraction of sp³-hybridized carbons (Fsp3) is 0.294. The van der Waals surface area contributed by atoms with Crippen LogP contribution in [0.3, 0.4) is 0 Å². The summed E-state index contributed by atoms with van der Waals surface area (Å²) in [6, 6.07) is 12.8. The predicted molar refractivity (Wildman–Crippen MR) is 87.3 cm³/mol. The van der Waals surface area contributed by atoms with E-state index in [0.29, 0.717) is 16.5 Å². The first-order valence-corrected chi connectivity index (χ1v) is 7.60. The Labute approximate surface area is 135 Å². The first kappa shape index (κ1) is 16.2. The molecular formula is C17H18Cl2O2. The highest BCUT2D eigenvalue weighted by Gasteiger charge is 2.12. The third kappa shape index (κ3) is 4.63. The van der Waals surface area contributed by atoms with Gasteiger partial charge in [0.1, 0.15) is 5.75 Å². The van der Waals surface area contributed by atoms with Gasteiger partial charge < -0.3 is 9.84 Å². The zero-order chi connectivity index (χ0) is 15.4. The monoisotopic (exact) mass is 324 g/mol. The van der Waals surface area contributed by atoms with Gasteiger partial charge >= 0.3 is 0 Å². The van der Waals surface area contributed by atoms with E-state index < -0.39 is 6.10 Å². The molecule has 2 rings (SSSR count). The molecule has 1 atom stereocenters. The van der Waals surface area contributed by atoms with E-state index in [2.05, 4.69) is 0 Å². The quantitative estimate of drug-likeness (QED) is 0.833. The lowest BCUT2D eigenvalue weighted by molar-refractivity contribution is 0.177. The normalized spacial score (nSPS) is 12.5. The molecule has 0 bridgehead atoms. The Balaban J connectivity index is 2.14. The predicted octanol–water partition coefficient (Wildman–Crippen LogP) is 5.06. The Morgan fingerprint density at radius 2 is 1.86 bits per heavy atom. The molecule has 21 heavy (non-hydrogen) atoms. The standard InChI is InChI=1S/C17H18Cl2O2/c1-11(2)21-15-5-3-4-13(8-15)17(20)9-12-6-7-14(18)10-16(12)19/h3-8,10-11,17,20H,9H2,1-2H3. The number of hydrogen-bond acceptors (Lipinski definition) is 2. The van der Waals surface area contributed by atoms with Crippen molar-refractivity contribution in [3.63, 3.8) is 0 Å². The Hall–Kier alpha value is -1.22. The molecule has 0 aliphatic rings. The van der Waals surface area contributed by atoms with Crippen LogP contribution in [0.1, 0.15) is 31.1 Å². The third-order valence-corrected chi connectivity index (χ3v) is 3.63. The van der Waals surface area contributed by atoms with E-state index in [1.54, 1.807) is 12.1 Å². The van der Waals surface area contributed by atoms with E-state index in [4.69, 9.17) is 27.9 Å². The summed E-state index contributed by atoms with van der Waals surface area (Å²) < 4.78 is 5.64. The number of benzene rings is 2. The summed E-state index contributed by atoms with van der Waals surface area (Å²) >= 11 is 12.0. The van der Waals surface area contributed by atoms with Crippen LogP contribution in [0.4, 0.5) is 0 Å². The molecule has 2 nitrogen and oxygen atoms in total. The minimum absolute atomic E-state index is 0.100. The largest absolute Gasteiger partial charge is 0.491 e. The summed E-state index contributed by atoms with van der Waals surface area (Å²) in [6.45, 7) is 3.94. The number of rotatable bonds is 5. The van der Waals surface area contributed by atoms with E-state index in [9.17, 15) is 5.11 Å². The summed E-state index contributed by atoms with van der Waals surface area (Å²) in [7, 11) is 0. The summed E-state index contributed by atoms with van der Waals surface area (Å²) in [6.07, 6.45) is -0.108. The lowest BCUT2D eigenvalue weighted by atomic mass is 10.0. The van der Waals surface area contributed by atoms with Crippen molar-refractivity contribution in [1.29, 1.82) is 0 Å². The molecule has 0 spiro atoms. The number of aliphatic hydroxyl groups excluding tert-OH is 1. The number of ether oxygens (including phenoxy) is 1. The zero-order valence-electron chi connectivity index (χ0n) is 12.0. The Kier molecular flexibility index (Phi) is 5.51. The van der Waals surface area contributed by atoms with Crippen molar-refractivity contribution in [3.8, 4) is 5.75 Å². The highest BCUT2D eigenvalue weighted by Crippen LogP contribution is 2.27. The second kappa shape index (κ2) is 7.17. The molecule has 0 radical (unpaired) electrons. The lowest BCUT2D eigenvalue weighted by Crippen LogP contribution is -2.07. The molecule has 0 aliphatic carbocycles. The van der Waals surface area contributed by atoms with E-state index in [1.165, 1.54) is 0 Å². The van der Waals surface area contributed by atoms with Crippen molar-refractivity contribution in [2.75, 3.05) is 0 Å². The molecule has 1 unspecified atom stereocenters. The smallest absolute Gasteiger partial charge is 0.120 e. The first-order valence-electron chi connectivity index (χ1n) is 6.84. The van der Waals surface area contributed by atoms with Crippen LogP contribution in [-0.2, 0) is 6.42 Å². The highest BCUT2D eigenvalue weighted by molar-refractivity contribution is 6.35. The van der Waals surface area contributed by atoms with Crippen LogP contribution in [0, 0.1) is 0 Å². The maximum atomic E-state index is 10.4. The molecule has 1 N–H and O–H groups in total. The second-order valence-electron chi connectivity index (χ2n) is 5.19. The summed E-state index contributed by atoms with van der Waals surface area (Å²) in [5.41, 5.74) is 1.67. The van der Waals surface area contributed by atoms with E-state index >= 15 is 0 Å². The van der Waals surface area contributed by atoms with E-state index in [1.807, 2.05) is 44.2 Å². The van der Waals surface area contributed by atoms with Gasteiger partial charge in [0.15, 0.2) is 0 Å². The van der Waals surface area contributed by atoms with Gasteiger partial charge in [-0.3, -0.25) is 0 Å². The molecule has 2 aromatic carbocycles. The van der Waals surface area contributed by atoms with Crippen LogP contribution in [0.2, 0.25) is 10.0 Å². The topological polar surface area (TPSA) is 29.5 Å².